The first-order chi connectivity index (χ1) is 10.4. The molecule has 1 atom stereocenters. The molecule has 0 spiro atoms. The van der Waals surface area contributed by atoms with Crippen molar-refractivity contribution < 1.29 is 22.7 Å². The van der Waals surface area contributed by atoms with Crippen molar-refractivity contribution in [3.8, 4) is 5.75 Å². The SMILES string of the molecule is Cc1ccc(S(=O)(=O)CC(O)COc2ccc(F)cc2)cc1. The zero-order chi connectivity index (χ0) is 16.2. The van der Waals surface area contributed by atoms with Crippen molar-refractivity contribution in [3.63, 3.8) is 0 Å². The van der Waals surface area contributed by atoms with Crippen molar-refractivity contribution in [1.29, 1.82) is 0 Å². The van der Waals surface area contributed by atoms with E-state index in [1.807, 2.05) is 6.92 Å². The molecule has 118 valence electrons. The molecule has 1 unspecified atom stereocenters. The smallest absolute Gasteiger partial charge is 0.181 e. The van der Waals surface area contributed by atoms with Crippen molar-refractivity contribution in [2.45, 2.75) is 17.9 Å². The van der Waals surface area contributed by atoms with Gasteiger partial charge in [0, 0.05) is 0 Å². The van der Waals surface area contributed by atoms with E-state index in [0.717, 1.165) is 5.56 Å². The van der Waals surface area contributed by atoms with Crippen LogP contribution < -0.4 is 4.74 Å². The Morgan fingerprint density at radius 1 is 1.09 bits per heavy atom. The Labute approximate surface area is 129 Å². The van der Waals surface area contributed by atoms with Gasteiger partial charge in [0.1, 0.15) is 24.3 Å². The fraction of sp³-hybridized carbons (Fsp3) is 0.250. The second-order valence-electron chi connectivity index (χ2n) is 5.01. The Bertz CT molecular complexity index is 709. The number of hydrogen-bond acceptors (Lipinski definition) is 4. The van der Waals surface area contributed by atoms with Gasteiger partial charge in [-0.1, -0.05) is 17.7 Å². The molecule has 4 nitrogen and oxygen atoms in total. The minimum absolute atomic E-state index is 0.166. The van der Waals surface area contributed by atoms with Crippen LogP contribution in [0.15, 0.2) is 53.4 Å². The minimum atomic E-state index is -3.58. The van der Waals surface area contributed by atoms with E-state index in [4.69, 9.17) is 4.74 Å². The van der Waals surface area contributed by atoms with Gasteiger partial charge in [-0.25, -0.2) is 12.8 Å². The summed E-state index contributed by atoms with van der Waals surface area (Å²) in [7, 11) is -3.58. The Balaban J connectivity index is 1.94. The van der Waals surface area contributed by atoms with Gasteiger partial charge in [-0.3, -0.25) is 0 Å². The van der Waals surface area contributed by atoms with Crippen LogP contribution in [0.25, 0.3) is 0 Å². The standard InChI is InChI=1S/C16H17FO4S/c1-12-2-8-16(9-3-12)22(19,20)11-14(18)10-21-15-6-4-13(17)5-7-15/h2-9,14,18H,10-11H2,1H3. The number of aliphatic hydroxyl groups excluding tert-OH is 1. The molecule has 0 bridgehead atoms. The topological polar surface area (TPSA) is 63.6 Å². The van der Waals surface area contributed by atoms with Crippen LogP contribution in [-0.2, 0) is 9.84 Å². The maximum Gasteiger partial charge on any atom is 0.181 e. The number of benzene rings is 2. The van der Waals surface area contributed by atoms with Gasteiger partial charge in [0.15, 0.2) is 9.84 Å². The van der Waals surface area contributed by atoms with E-state index < -0.39 is 27.5 Å². The van der Waals surface area contributed by atoms with Gasteiger partial charge in [0.05, 0.1) is 10.6 Å². The second-order valence-corrected chi connectivity index (χ2v) is 7.05. The Morgan fingerprint density at radius 2 is 1.68 bits per heavy atom. The van der Waals surface area contributed by atoms with Crippen LogP contribution in [0, 0.1) is 12.7 Å². The lowest BCUT2D eigenvalue weighted by Crippen LogP contribution is -2.27. The highest BCUT2D eigenvalue weighted by Gasteiger charge is 2.20. The third-order valence-corrected chi connectivity index (χ3v) is 4.86. The highest BCUT2D eigenvalue weighted by atomic mass is 32.2. The lowest BCUT2D eigenvalue weighted by molar-refractivity contribution is 0.125. The quantitative estimate of drug-likeness (QED) is 0.886. The van der Waals surface area contributed by atoms with Crippen LogP contribution in [0.4, 0.5) is 4.39 Å². The maximum absolute atomic E-state index is 12.7. The molecule has 0 saturated heterocycles. The molecule has 0 aliphatic rings. The summed E-state index contributed by atoms with van der Waals surface area (Å²) in [6, 6.07) is 11.7. The van der Waals surface area contributed by atoms with Gasteiger partial charge >= 0.3 is 0 Å². The summed E-state index contributed by atoms with van der Waals surface area (Å²) < 4.78 is 42.3. The molecule has 0 fully saturated rings. The number of ether oxygens (including phenoxy) is 1. The number of aryl methyl sites for hydroxylation is 1. The molecule has 0 aliphatic carbocycles. The van der Waals surface area contributed by atoms with E-state index in [0.29, 0.717) is 5.75 Å². The van der Waals surface area contributed by atoms with Crippen molar-refractivity contribution in [2.24, 2.45) is 0 Å². The lowest BCUT2D eigenvalue weighted by atomic mass is 10.2. The lowest BCUT2D eigenvalue weighted by Gasteiger charge is -2.13. The van der Waals surface area contributed by atoms with Gasteiger partial charge in [0.25, 0.3) is 0 Å². The number of halogens is 1. The molecular weight excluding hydrogens is 307 g/mol. The third kappa shape index (κ3) is 4.54. The molecule has 0 aliphatic heterocycles. The molecule has 0 saturated carbocycles. The molecule has 2 aromatic rings. The molecule has 1 N–H and O–H groups in total. The van der Waals surface area contributed by atoms with Gasteiger partial charge in [-0.05, 0) is 43.3 Å². The molecule has 0 radical (unpaired) electrons. The van der Waals surface area contributed by atoms with Crippen LogP contribution in [-0.4, -0.2) is 32.0 Å². The molecule has 22 heavy (non-hydrogen) atoms. The normalized spacial score (nSPS) is 12.9. The largest absolute Gasteiger partial charge is 0.491 e. The molecule has 2 rings (SSSR count). The predicted octanol–water partition coefficient (Wildman–Crippen LogP) is 2.35. The highest BCUT2D eigenvalue weighted by Crippen LogP contribution is 2.15. The van der Waals surface area contributed by atoms with Crippen molar-refractivity contribution >= 4 is 9.84 Å². The van der Waals surface area contributed by atoms with Crippen LogP contribution in [0.1, 0.15) is 5.56 Å². The van der Waals surface area contributed by atoms with Crippen molar-refractivity contribution in [3.05, 3.63) is 59.9 Å². The summed E-state index contributed by atoms with van der Waals surface area (Å²) >= 11 is 0. The summed E-state index contributed by atoms with van der Waals surface area (Å²) in [5, 5.41) is 9.84. The molecule has 0 heterocycles. The molecule has 6 heteroatoms. The molecule has 0 aromatic heterocycles. The summed E-state index contributed by atoms with van der Waals surface area (Å²) in [4.78, 5) is 0.166. The van der Waals surface area contributed by atoms with E-state index in [-0.39, 0.29) is 11.5 Å². The van der Waals surface area contributed by atoms with Crippen LogP contribution in [0.3, 0.4) is 0 Å². The van der Waals surface area contributed by atoms with Crippen molar-refractivity contribution in [1.82, 2.24) is 0 Å². The van der Waals surface area contributed by atoms with Crippen LogP contribution >= 0.6 is 0 Å². The monoisotopic (exact) mass is 324 g/mol. The first-order valence-corrected chi connectivity index (χ1v) is 8.38. The van der Waals surface area contributed by atoms with Gasteiger partial charge < -0.3 is 9.84 Å². The minimum Gasteiger partial charge on any atom is -0.491 e. The fourth-order valence-corrected chi connectivity index (χ4v) is 3.21. The average molecular weight is 324 g/mol. The first kappa shape index (κ1) is 16.5. The van der Waals surface area contributed by atoms with Gasteiger partial charge in [-0.2, -0.15) is 0 Å². The Hall–Kier alpha value is -1.92. The third-order valence-electron chi connectivity index (χ3n) is 3.05. The number of aliphatic hydroxyl groups is 1. The summed E-state index contributed by atoms with van der Waals surface area (Å²) in [6.45, 7) is 1.68. The van der Waals surface area contributed by atoms with Gasteiger partial charge in [0.2, 0.25) is 0 Å². The molecular formula is C16H17FO4S. The van der Waals surface area contributed by atoms with E-state index >= 15 is 0 Å². The maximum atomic E-state index is 12.7. The fourth-order valence-electron chi connectivity index (χ4n) is 1.87. The van der Waals surface area contributed by atoms with Crippen LogP contribution in [0.2, 0.25) is 0 Å². The number of sulfone groups is 1. The van der Waals surface area contributed by atoms with E-state index in [1.54, 1.807) is 12.1 Å². The Morgan fingerprint density at radius 3 is 2.27 bits per heavy atom. The zero-order valence-electron chi connectivity index (χ0n) is 12.1. The molecule has 2 aromatic carbocycles. The average Bonchev–Trinajstić information content (AvgIpc) is 2.46. The van der Waals surface area contributed by atoms with Gasteiger partial charge in [-0.15, -0.1) is 0 Å². The van der Waals surface area contributed by atoms with Crippen LogP contribution in [0.5, 0.6) is 5.75 Å². The second kappa shape index (κ2) is 6.89. The number of rotatable bonds is 6. The summed E-state index contributed by atoms with van der Waals surface area (Å²) in [5.74, 6) is -0.458. The summed E-state index contributed by atoms with van der Waals surface area (Å²) in [5.41, 5.74) is 0.958. The van der Waals surface area contributed by atoms with Crippen molar-refractivity contribution in [2.75, 3.05) is 12.4 Å². The molecule has 0 amide bonds. The first-order valence-electron chi connectivity index (χ1n) is 6.73. The van der Waals surface area contributed by atoms with E-state index in [1.165, 1.54) is 36.4 Å². The zero-order valence-corrected chi connectivity index (χ0v) is 12.9. The number of hydrogen-bond donors (Lipinski definition) is 1. The Kier molecular flexibility index (Phi) is 5.15. The summed E-state index contributed by atoms with van der Waals surface area (Å²) in [6.07, 6.45) is -1.17. The van der Waals surface area contributed by atoms with E-state index in [9.17, 15) is 17.9 Å². The highest BCUT2D eigenvalue weighted by molar-refractivity contribution is 7.91. The van der Waals surface area contributed by atoms with E-state index in [2.05, 4.69) is 0 Å². The predicted molar refractivity (Wildman–Crippen MR) is 81.1 cm³/mol.